The van der Waals surface area contributed by atoms with E-state index in [1.807, 2.05) is 44.2 Å². The number of amides is 1. The number of nitrogens with one attached hydrogen (secondary N) is 2. The van der Waals surface area contributed by atoms with E-state index in [0.29, 0.717) is 24.9 Å². The van der Waals surface area contributed by atoms with Crippen LogP contribution in [0.25, 0.3) is 0 Å². The number of carbonyl (C=O) groups excluding carboxylic acids is 2. The van der Waals surface area contributed by atoms with Crippen molar-refractivity contribution < 1.29 is 22.7 Å². The second kappa shape index (κ2) is 13.0. The fourth-order valence-electron chi connectivity index (χ4n) is 4.56. The van der Waals surface area contributed by atoms with Gasteiger partial charge in [0.15, 0.2) is 0 Å². The molecule has 0 heterocycles. The zero-order valence-corrected chi connectivity index (χ0v) is 25.0. The summed E-state index contributed by atoms with van der Waals surface area (Å²) in [6.45, 7) is 12.4. The summed E-state index contributed by atoms with van der Waals surface area (Å²) in [5.74, 6) is -1.09. The molecular weight excluding hydrogens is 524 g/mol. The Kier molecular flexibility index (Phi) is 10.8. The van der Waals surface area contributed by atoms with E-state index in [1.54, 1.807) is 25.1 Å². The topological polar surface area (TPSA) is 102 Å². The molecule has 2 aromatic rings. The summed E-state index contributed by atoms with van der Waals surface area (Å²) in [6, 6.07) is 14.7. The number of hydrogen-bond acceptors (Lipinski definition) is 5. The van der Waals surface area contributed by atoms with Crippen LogP contribution in [-0.2, 0) is 30.8 Å². The van der Waals surface area contributed by atoms with Gasteiger partial charge in [0.1, 0.15) is 0 Å². The third kappa shape index (κ3) is 10.7. The molecule has 2 N–H and O–H groups in total. The number of hydrogen-bond donors (Lipinski definition) is 2. The summed E-state index contributed by atoms with van der Waals surface area (Å²) in [5, 5.41) is 3.20. The number of sulfonamides is 1. The number of anilines is 1. The maximum Gasteiger partial charge on any atom is 0.311 e. The molecule has 0 aliphatic heterocycles. The lowest BCUT2D eigenvalue weighted by atomic mass is 9.76. The van der Waals surface area contributed by atoms with Crippen LogP contribution in [0.15, 0.2) is 48.5 Å². The van der Waals surface area contributed by atoms with E-state index < -0.39 is 21.4 Å². The molecule has 1 amide bonds. The molecule has 9 heteroatoms. The van der Waals surface area contributed by atoms with Crippen LogP contribution in [-0.4, -0.2) is 39.7 Å². The van der Waals surface area contributed by atoms with E-state index in [-0.39, 0.29) is 40.5 Å². The Balaban J connectivity index is 2.07. The van der Waals surface area contributed by atoms with Crippen LogP contribution in [0.1, 0.15) is 65.0 Å². The number of benzene rings is 2. The predicted octanol–water partition coefficient (Wildman–Crippen LogP) is 5.80. The highest BCUT2D eigenvalue weighted by Crippen LogP contribution is 2.34. The molecule has 0 fully saturated rings. The number of carbonyl (C=O) groups is 2. The second-order valence-corrected chi connectivity index (χ2v) is 14.0. The summed E-state index contributed by atoms with van der Waals surface area (Å²) in [6.07, 6.45) is 2.37. The summed E-state index contributed by atoms with van der Waals surface area (Å²) in [7, 11) is -3.47. The van der Waals surface area contributed by atoms with Crippen molar-refractivity contribution >= 4 is 39.2 Å². The molecule has 0 saturated carbocycles. The Bertz CT molecular complexity index is 1210. The molecule has 0 aliphatic rings. The van der Waals surface area contributed by atoms with Crippen molar-refractivity contribution in [3.05, 3.63) is 64.7 Å². The first-order valence-electron chi connectivity index (χ1n) is 12.7. The molecule has 38 heavy (non-hydrogen) atoms. The summed E-state index contributed by atoms with van der Waals surface area (Å²) >= 11 is 6.24. The third-order valence-corrected chi connectivity index (χ3v) is 6.99. The summed E-state index contributed by atoms with van der Waals surface area (Å²) in [5.41, 5.74) is 1.36. The van der Waals surface area contributed by atoms with Gasteiger partial charge in [0.2, 0.25) is 15.9 Å². The summed E-state index contributed by atoms with van der Waals surface area (Å²) in [4.78, 5) is 25.9. The van der Waals surface area contributed by atoms with Crippen LogP contribution in [0.4, 0.5) is 5.69 Å². The number of halogens is 1. The number of ether oxygens (including phenoxy) is 1. The average molecular weight is 565 g/mol. The van der Waals surface area contributed by atoms with Crippen LogP contribution in [0.5, 0.6) is 0 Å². The van der Waals surface area contributed by atoms with Crippen molar-refractivity contribution in [3.63, 3.8) is 0 Å². The van der Waals surface area contributed by atoms with E-state index in [4.69, 9.17) is 16.3 Å². The van der Waals surface area contributed by atoms with Gasteiger partial charge in [0, 0.05) is 12.5 Å². The molecule has 0 saturated heterocycles. The standard InChI is InChI=1S/C29H41ClN2O5S/c1-20(23-13-14-25(24(30)16-23)32-38(7,35)36)26(33)31-17-22(15-21-11-9-8-10-12-21)18-37-27(34)29(5,6)19-28(2,3)4/h8-14,16,20,22,32H,15,17-19H2,1-7H3,(H,31,33)/t20-,22+/m0/s1. The lowest BCUT2D eigenvalue weighted by Crippen LogP contribution is -2.37. The fourth-order valence-corrected chi connectivity index (χ4v) is 5.43. The minimum atomic E-state index is -3.47. The molecule has 0 radical (unpaired) electrons. The Hall–Kier alpha value is -2.58. The maximum atomic E-state index is 13.0. The van der Waals surface area contributed by atoms with Crippen molar-refractivity contribution in [3.8, 4) is 0 Å². The van der Waals surface area contributed by atoms with Gasteiger partial charge in [-0.15, -0.1) is 0 Å². The molecule has 0 aromatic heterocycles. The van der Waals surface area contributed by atoms with Crippen LogP contribution >= 0.6 is 11.6 Å². The Morgan fingerprint density at radius 3 is 2.21 bits per heavy atom. The third-order valence-electron chi connectivity index (χ3n) is 6.09. The highest BCUT2D eigenvalue weighted by molar-refractivity contribution is 7.92. The molecule has 7 nitrogen and oxygen atoms in total. The van der Waals surface area contributed by atoms with E-state index in [9.17, 15) is 18.0 Å². The van der Waals surface area contributed by atoms with Gasteiger partial charge in [-0.3, -0.25) is 14.3 Å². The first-order valence-corrected chi connectivity index (χ1v) is 15.0. The van der Waals surface area contributed by atoms with Crippen LogP contribution in [0, 0.1) is 16.7 Å². The largest absolute Gasteiger partial charge is 0.465 e. The fraction of sp³-hybridized carbons (Fsp3) is 0.517. The van der Waals surface area contributed by atoms with Crippen LogP contribution < -0.4 is 10.0 Å². The SMILES string of the molecule is C[C@H](C(=O)NC[C@H](COC(=O)C(C)(C)CC(C)(C)C)Cc1ccccc1)c1ccc(NS(C)(=O)=O)c(Cl)c1. The first kappa shape index (κ1) is 31.6. The first-order chi connectivity index (χ1) is 17.5. The van der Waals surface area contributed by atoms with Crippen molar-refractivity contribution in [2.75, 3.05) is 24.1 Å². The highest BCUT2D eigenvalue weighted by Gasteiger charge is 2.34. The summed E-state index contributed by atoms with van der Waals surface area (Å²) < 4.78 is 31.1. The van der Waals surface area contributed by atoms with Crippen molar-refractivity contribution in [2.24, 2.45) is 16.7 Å². The van der Waals surface area contributed by atoms with E-state index >= 15 is 0 Å². The second-order valence-electron chi connectivity index (χ2n) is 11.9. The molecule has 0 aliphatic carbocycles. The van der Waals surface area contributed by atoms with Gasteiger partial charge in [-0.1, -0.05) is 68.8 Å². The Labute approximate surface area is 232 Å². The zero-order chi connectivity index (χ0) is 28.7. The Morgan fingerprint density at radius 2 is 1.66 bits per heavy atom. The predicted molar refractivity (Wildman–Crippen MR) is 154 cm³/mol. The normalized spacial score (nSPS) is 13.9. The average Bonchev–Trinajstić information content (AvgIpc) is 2.79. The molecule has 210 valence electrons. The van der Waals surface area contributed by atoms with Gasteiger partial charge in [-0.05, 0) is 62.3 Å². The highest BCUT2D eigenvalue weighted by atomic mass is 35.5. The van der Waals surface area contributed by atoms with Gasteiger partial charge in [-0.2, -0.15) is 0 Å². The van der Waals surface area contributed by atoms with Crippen molar-refractivity contribution in [1.29, 1.82) is 0 Å². The molecule has 0 spiro atoms. The van der Waals surface area contributed by atoms with Crippen molar-refractivity contribution in [2.45, 2.75) is 60.3 Å². The lowest BCUT2D eigenvalue weighted by Gasteiger charge is -2.31. The molecule has 0 unspecified atom stereocenters. The molecule has 2 rings (SSSR count). The monoisotopic (exact) mass is 564 g/mol. The molecule has 0 bridgehead atoms. The van der Waals surface area contributed by atoms with Gasteiger partial charge in [0.25, 0.3) is 0 Å². The zero-order valence-electron chi connectivity index (χ0n) is 23.4. The Morgan fingerprint density at radius 1 is 1.03 bits per heavy atom. The van der Waals surface area contributed by atoms with E-state index in [1.165, 1.54) is 0 Å². The van der Waals surface area contributed by atoms with Gasteiger partial charge < -0.3 is 10.1 Å². The van der Waals surface area contributed by atoms with E-state index in [2.05, 4.69) is 30.8 Å². The van der Waals surface area contributed by atoms with Gasteiger partial charge >= 0.3 is 5.97 Å². The molecule has 2 aromatic carbocycles. The molecular formula is C29H41ClN2O5S. The number of esters is 1. The van der Waals surface area contributed by atoms with Crippen LogP contribution in [0.2, 0.25) is 5.02 Å². The minimum Gasteiger partial charge on any atom is -0.465 e. The van der Waals surface area contributed by atoms with Crippen LogP contribution in [0.3, 0.4) is 0 Å². The quantitative estimate of drug-likeness (QED) is 0.317. The van der Waals surface area contributed by atoms with E-state index in [0.717, 1.165) is 11.8 Å². The van der Waals surface area contributed by atoms with Gasteiger partial charge in [0.05, 0.1) is 34.9 Å². The van der Waals surface area contributed by atoms with Crippen molar-refractivity contribution in [1.82, 2.24) is 5.32 Å². The lowest BCUT2D eigenvalue weighted by molar-refractivity contribution is -0.157. The smallest absolute Gasteiger partial charge is 0.311 e. The molecule has 2 atom stereocenters. The number of rotatable bonds is 12. The minimum absolute atomic E-state index is 0.0158. The maximum absolute atomic E-state index is 13.0. The van der Waals surface area contributed by atoms with Gasteiger partial charge in [-0.25, -0.2) is 8.42 Å².